The molecule has 0 amide bonds. The number of aromatic nitrogens is 2. The van der Waals surface area contributed by atoms with Gasteiger partial charge in [-0.3, -0.25) is 4.79 Å². The number of carbonyl (C=O) groups excluding carboxylic acids is 1. The topological polar surface area (TPSA) is 53.4 Å². The van der Waals surface area contributed by atoms with Gasteiger partial charge in [0.25, 0.3) is 0 Å². The van der Waals surface area contributed by atoms with Gasteiger partial charge >= 0.3 is 0 Å². The number of hydrogen-bond acceptors (Lipinski definition) is 4. The molecule has 0 aliphatic rings. The van der Waals surface area contributed by atoms with Crippen molar-refractivity contribution in [1.82, 2.24) is 9.55 Å². The van der Waals surface area contributed by atoms with Crippen LogP contribution < -0.4 is 4.74 Å². The maximum absolute atomic E-state index is 14.3. The van der Waals surface area contributed by atoms with Crippen LogP contribution in [0.2, 0.25) is 0 Å². The molecule has 3 aromatic rings. The maximum atomic E-state index is 14.3. The van der Waals surface area contributed by atoms with Gasteiger partial charge in [-0.1, -0.05) is 0 Å². The van der Waals surface area contributed by atoms with Crippen LogP contribution >= 0.6 is 0 Å². The number of benzene rings is 2. The SMILES string of the molecule is CCOCCn1c(C=O)nc2cc(F)c(Oc3ccc(F)cc3)cc21. The van der Waals surface area contributed by atoms with Crippen molar-refractivity contribution in [1.29, 1.82) is 0 Å². The minimum atomic E-state index is -0.622. The molecule has 0 atom stereocenters. The molecule has 3 rings (SSSR count). The second kappa shape index (κ2) is 7.40. The van der Waals surface area contributed by atoms with Crippen LogP contribution in [0.15, 0.2) is 36.4 Å². The van der Waals surface area contributed by atoms with Crippen LogP contribution in [0.1, 0.15) is 17.5 Å². The number of nitrogens with zero attached hydrogens (tertiary/aromatic N) is 2. The minimum Gasteiger partial charge on any atom is -0.454 e. The number of halogens is 2. The first-order valence-corrected chi connectivity index (χ1v) is 7.78. The largest absolute Gasteiger partial charge is 0.454 e. The predicted molar refractivity (Wildman–Crippen MR) is 88.0 cm³/mol. The lowest BCUT2D eigenvalue weighted by Crippen LogP contribution is -2.09. The second-order valence-corrected chi connectivity index (χ2v) is 5.26. The van der Waals surface area contributed by atoms with Gasteiger partial charge in [0, 0.05) is 25.3 Å². The number of imidazole rings is 1. The molecule has 0 saturated heterocycles. The first kappa shape index (κ1) is 17.0. The zero-order valence-corrected chi connectivity index (χ0v) is 13.5. The molecule has 0 aliphatic carbocycles. The van der Waals surface area contributed by atoms with Crippen molar-refractivity contribution in [2.45, 2.75) is 13.5 Å². The number of hydrogen-bond donors (Lipinski definition) is 0. The molecule has 0 unspecified atom stereocenters. The predicted octanol–water partition coefficient (Wildman–Crippen LogP) is 3.96. The van der Waals surface area contributed by atoms with Crippen LogP contribution in [0.4, 0.5) is 8.78 Å². The Morgan fingerprint density at radius 1 is 1.20 bits per heavy atom. The van der Waals surface area contributed by atoms with E-state index in [9.17, 15) is 13.6 Å². The van der Waals surface area contributed by atoms with Gasteiger partial charge in [-0.25, -0.2) is 13.8 Å². The normalized spacial score (nSPS) is 11.0. The lowest BCUT2D eigenvalue weighted by Gasteiger charge is -2.09. The average Bonchev–Trinajstić information content (AvgIpc) is 2.94. The van der Waals surface area contributed by atoms with Crippen LogP contribution in [-0.4, -0.2) is 29.1 Å². The molecule has 0 saturated carbocycles. The Bertz CT molecular complexity index is 891. The van der Waals surface area contributed by atoms with Crippen molar-refractivity contribution in [3.63, 3.8) is 0 Å². The van der Waals surface area contributed by atoms with E-state index >= 15 is 0 Å². The average molecular weight is 346 g/mol. The van der Waals surface area contributed by atoms with E-state index in [0.717, 1.165) is 0 Å². The Morgan fingerprint density at radius 3 is 2.64 bits per heavy atom. The van der Waals surface area contributed by atoms with Gasteiger partial charge in [0.1, 0.15) is 11.6 Å². The summed E-state index contributed by atoms with van der Waals surface area (Å²) in [4.78, 5) is 15.4. The van der Waals surface area contributed by atoms with Gasteiger partial charge < -0.3 is 14.0 Å². The van der Waals surface area contributed by atoms with Gasteiger partial charge in [0.2, 0.25) is 0 Å². The summed E-state index contributed by atoms with van der Waals surface area (Å²) in [5.74, 6) is -0.575. The van der Waals surface area contributed by atoms with Crippen LogP contribution in [0, 0.1) is 11.6 Å². The minimum absolute atomic E-state index is 0.0332. The van der Waals surface area contributed by atoms with Crippen LogP contribution in [0.5, 0.6) is 11.5 Å². The summed E-state index contributed by atoms with van der Waals surface area (Å²) in [6.07, 6.45) is 0.615. The van der Waals surface area contributed by atoms with Crippen LogP contribution in [-0.2, 0) is 11.3 Å². The fourth-order valence-corrected chi connectivity index (χ4v) is 2.48. The number of aldehydes is 1. The Morgan fingerprint density at radius 2 is 1.96 bits per heavy atom. The first-order valence-electron chi connectivity index (χ1n) is 7.78. The van der Waals surface area contributed by atoms with Gasteiger partial charge in [-0.2, -0.15) is 0 Å². The zero-order chi connectivity index (χ0) is 17.8. The van der Waals surface area contributed by atoms with Gasteiger partial charge in [0.15, 0.2) is 23.7 Å². The highest BCUT2D eigenvalue weighted by Gasteiger charge is 2.15. The van der Waals surface area contributed by atoms with Crippen LogP contribution in [0.3, 0.4) is 0 Å². The molecule has 130 valence electrons. The monoisotopic (exact) mass is 346 g/mol. The number of ether oxygens (including phenoxy) is 2. The zero-order valence-electron chi connectivity index (χ0n) is 13.5. The summed E-state index contributed by atoms with van der Waals surface area (Å²) in [7, 11) is 0. The molecular formula is C18H16F2N2O3. The third kappa shape index (κ3) is 3.66. The van der Waals surface area contributed by atoms with Crippen molar-refractivity contribution in [2.75, 3.05) is 13.2 Å². The lowest BCUT2D eigenvalue weighted by atomic mass is 10.2. The fourth-order valence-electron chi connectivity index (χ4n) is 2.48. The third-order valence-electron chi connectivity index (χ3n) is 3.64. The molecule has 1 aromatic heterocycles. The summed E-state index contributed by atoms with van der Waals surface area (Å²) < 4.78 is 39.7. The quantitative estimate of drug-likeness (QED) is 0.480. The van der Waals surface area contributed by atoms with E-state index in [0.29, 0.717) is 42.8 Å². The van der Waals surface area contributed by atoms with Gasteiger partial charge in [-0.15, -0.1) is 0 Å². The van der Waals surface area contributed by atoms with E-state index in [4.69, 9.17) is 9.47 Å². The third-order valence-corrected chi connectivity index (χ3v) is 3.64. The van der Waals surface area contributed by atoms with E-state index in [1.165, 1.54) is 36.4 Å². The highest BCUT2D eigenvalue weighted by molar-refractivity contribution is 5.84. The summed E-state index contributed by atoms with van der Waals surface area (Å²) in [5.41, 5.74) is 0.905. The number of carbonyl (C=O) groups is 1. The molecule has 0 aliphatic heterocycles. The van der Waals surface area contributed by atoms with Gasteiger partial charge in [0.05, 0.1) is 17.6 Å². The molecule has 0 spiro atoms. The molecule has 2 aromatic carbocycles. The van der Waals surface area contributed by atoms with Gasteiger partial charge in [-0.05, 0) is 31.2 Å². The van der Waals surface area contributed by atoms with E-state index in [-0.39, 0.29) is 11.6 Å². The lowest BCUT2D eigenvalue weighted by molar-refractivity contribution is 0.110. The molecule has 0 fully saturated rings. The molecule has 1 heterocycles. The molecular weight excluding hydrogens is 330 g/mol. The Kier molecular flexibility index (Phi) is 5.04. The van der Waals surface area contributed by atoms with E-state index in [1.807, 2.05) is 6.92 Å². The molecule has 0 N–H and O–H groups in total. The molecule has 0 bridgehead atoms. The summed E-state index contributed by atoms with van der Waals surface area (Å²) in [5, 5.41) is 0. The fraction of sp³-hybridized carbons (Fsp3) is 0.222. The van der Waals surface area contributed by atoms with Crippen molar-refractivity contribution in [2.24, 2.45) is 0 Å². The highest BCUT2D eigenvalue weighted by atomic mass is 19.1. The first-order chi connectivity index (χ1) is 12.1. The van der Waals surface area contributed by atoms with Crippen molar-refractivity contribution < 1.29 is 23.0 Å². The molecule has 7 heteroatoms. The second-order valence-electron chi connectivity index (χ2n) is 5.26. The smallest absolute Gasteiger partial charge is 0.185 e. The summed E-state index contributed by atoms with van der Waals surface area (Å²) >= 11 is 0. The summed E-state index contributed by atoms with van der Waals surface area (Å²) in [6, 6.07) is 7.94. The van der Waals surface area contributed by atoms with E-state index < -0.39 is 11.6 Å². The van der Waals surface area contributed by atoms with Crippen molar-refractivity contribution in [3.05, 3.63) is 53.9 Å². The molecule has 5 nitrogen and oxygen atoms in total. The number of rotatable bonds is 7. The van der Waals surface area contributed by atoms with Crippen molar-refractivity contribution in [3.8, 4) is 11.5 Å². The maximum Gasteiger partial charge on any atom is 0.185 e. The standard InChI is InChI=1S/C18H16F2N2O3/c1-2-24-8-7-22-16-10-17(25-13-5-3-12(19)4-6-13)14(20)9-15(16)21-18(22)11-23/h3-6,9-11H,2,7-8H2,1H3. The molecule has 0 radical (unpaired) electrons. The van der Waals surface area contributed by atoms with Crippen LogP contribution in [0.25, 0.3) is 11.0 Å². The Hall–Kier alpha value is -2.80. The molecule has 25 heavy (non-hydrogen) atoms. The van der Waals surface area contributed by atoms with E-state index in [1.54, 1.807) is 4.57 Å². The Balaban J connectivity index is 1.98. The highest BCUT2D eigenvalue weighted by Crippen LogP contribution is 2.29. The van der Waals surface area contributed by atoms with Crippen molar-refractivity contribution >= 4 is 17.3 Å². The summed E-state index contributed by atoms with van der Waals surface area (Å²) in [6.45, 7) is 3.22. The van der Waals surface area contributed by atoms with E-state index in [2.05, 4.69) is 4.98 Å². The Labute approximate surface area is 142 Å². The number of fused-ring (bicyclic) bond motifs is 1.